The average Bonchev–Trinajstić information content (AvgIpc) is 2.96. The lowest BCUT2D eigenvalue weighted by Crippen LogP contribution is -2.37. The van der Waals surface area contributed by atoms with Crippen LogP contribution in [0.5, 0.6) is 5.75 Å². The van der Waals surface area contributed by atoms with Gasteiger partial charge in [-0.15, -0.1) is 0 Å². The molecule has 0 unspecified atom stereocenters. The Hall–Kier alpha value is -1.55. The molecule has 4 nitrogen and oxygen atoms in total. The Morgan fingerprint density at radius 3 is 2.42 bits per heavy atom. The van der Waals surface area contributed by atoms with E-state index in [4.69, 9.17) is 10.5 Å². The number of carbonyl (C=O) groups is 1. The Morgan fingerprint density at radius 2 is 1.84 bits per heavy atom. The number of amides is 1. The number of anilines is 1. The minimum Gasteiger partial charge on any atom is -0.490 e. The van der Waals surface area contributed by atoms with E-state index in [0.717, 1.165) is 37.1 Å². The molecular formula is C15H20N2O2. The van der Waals surface area contributed by atoms with Gasteiger partial charge in [-0.05, 0) is 62.8 Å². The van der Waals surface area contributed by atoms with Crippen molar-refractivity contribution in [2.45, 2.75) is 50.2 Å². The van der Waals surface area contributed by atoms with Gasteiger partial charge in [0, 0.05) is 5.69 Å². The monoisotopic (exact) mass is 260 g/mol. The summed E-state index contributed by atoms with van der Waals surface area (Å²) in [6, 6.07) is 7.55. The molecule has 19 heavy (non-hydrogen) atoms. The van der Waals surface area contributed by atoms with Crippen LogP contribution in [0.1, 0.15) is 38.5 Å². The largest absolute Gasteiger partial charge is 0.490 e. The quantitative estimate of drug-likeness (QED) is 0.874. The summed E-state index contributed by atoms with van der Waals surface area (Å²) in [6.45, 7) is 0. The molecular weight excluding hydrogens is 240 g/mol. The Labute approximate surface area is 113 Å². The first-order chi connectivity index (χ1) is 9.16. The van der Waals surface area contributed by atoms with E-state index in [1.165, 1.54) is 12.8 Å². The van der Waals surface area contributed by atoms with Crippen molar-refractivity contribution in [1.82, 2.24) is 0 Å². The zero-order valence-electron chi connectivity index (χ0n) is 11.0. The average molecular weight is 260 g/mol. The van der Waals surface area contributed by atoms with E-state index in [2.05, 4.69) is 5.32 Å². The van der Waals surface area contributed by atoms with Crippen molar-refractivity contribution in [3.05, 3.63) is 24.3 Å². The van der Waals surface area contributed by atoms with Crippen molar-refractivity contribution in [2.24, 2.45) is 5.73 Å². The lowest BCUT2D eigenvalue weighted by Gasteiger charge is -2.14. The smallest absolute Gasteiger partial charge is 0.244 e. The van der Waals surface area contributed by atoms with Crippen LogP contribution in [0.15, 0.2) is 24.3 Å². The summed E-state index contributed by atoms with van der Waals surface area (Å²) in [5.74, 6) is 0.788. The Balaban J connectivity index is 1.57. The first-order valence-corrected chi connectivity index (χ1v) is 7.03. The molecule has 0 saturated heterocycles. The molecule has 0 atom stereocenters. The van der Waals surface area contributed by atoms with Crippen molar-refractivity contribution in [1.29, 1.82) is 0 Å². The standard InChI is InChI=1S/C15H20N2O2/c16-15(9-10-15)14(18)17-11-5-7-13(8-6-11)19-12-3-1-2-4-12/h5-8,12H,1-4,9-10,16H2,(H,17,18). The van der Waals surface area contributed by atoms with Gasteiger partial charge < -0.3 is 15.8 Å². The first kappa shape index (κ1) is 12.5. The fourth-order valence-electron chi connectivity index (χ4n) is 2.43. The van der Waals surface area contributed by atoms with Crippen LogP contribution >= 0.6 is 0 Å². The Kier molecular flexibility index (Phi) is 3.19. The van der Waals surface area contributed by atoms with Crippen LogP contribution in [0.25, 0.3) is 0 Å². The number of nitrogens with one attached hydrogen (secondary N) is 1. The number of benzene rings is 1. The van der Waals surface area contributed by atoms with E-state index >= 15 is 0 Å². The molecule has 0 bridgehead atoms. The van der Waals surface area contributed by atoms with Crippen molar-refractivity contribution in [3.8, 4) is 5.75 Å². The van der Waals surface area contributed by atoms with Gasteiger partial charge in [-0.3, -0.25) is 4.79 Å². The van der Waals surface area contributed by atoms with Crippen LogP contribution in [0, 0.1) is 0 Å². The van der Waals surface area contributed by atoms with Gasteiger partial charge in [0.25, 0.3) is 0 Å². The van der Waals surface area contributed by atoms with Crippen LogP contribution in [-0.4, -0.2) is 17.6 Å². The molecule has 1 amide bonds. The maximum absolute atomic E-state index is 11.8. The maximum Gasteiger partial charge on any atom is 0.244 e. The summed E-state index contributed by atoms with van der Waals surface area (Å²) < 4.78 is 5.88. The Bertz CT molecular complexity index is 460. The minimum absolute atomic E-state index is 0.0861. The van der Waals surface area contributed by atoms with E-state index in [1.54, 1.807) is 0 Å². The highest BCUT2D eigenvalue weighted by Gasteiger charge is 2.45. The fraction of sp³-hybridized carbons (Fsp3) is 0.533. The summed E-state index contributed by atoms with van der Waals surface area (Å²) in [5, 5.41) is 2.85. The van der Waals surface area contributed by atoms with Crippen LogP contribution in [0.4, 0.5) is 5.69 Å². The highest BCUT2D eigenvalue weighted by atomic mass is 16.5. The van der Waals surface area contributed by atoms with E-state index in [0.29, 0.717) is 6.10 Å². The maximum atomic E-state index is 11.8. The van der Waals surface area contributed by atoms with E-state index < -0.39 is 5.54 Å². The fourth-order valence-corrected chi connectivity index (χ4v) is 2.43. The second-order valence-corrected chi connectivity index (χ2v) is 5.66. The molecule has 2 fully saturated rings. The van der Waals surface area contributed by atoms with Gasteiger partial charge in [-0.25, -0.2) is 0 Å². The molecule has 102 valence electrons. The van der Waals surface area contributed by atoms with Crippen molar-refractivity contribution >= 4 is 11.6 Å². The van der Waals surface area contributed by atoms with E-state index in [9.17, 15) is 4.79 Å². The lowest BCUT2D eigenvalue weighted by molar-refractivity contribution is -0.118. The molecule has 4 heteroatoms. The van der Waals surface area contributed by atoms with E-state index in [1.807, 2.05) is 24.3 Å². The molecule has 0 aliphatic heterocycles. The van der Waals surface area contributed by atoms with Gasteiger partial charge in [0.15, 0.2) is 0 Å². The van der Waals surface area contributed by atoms with Gasteiger partial charge in [-0.1, -0.05) is 0 Å². The third kappa shape index (κ3) is 2.89. The van der Waals surface area contributed by atoms with Crippen LogP contribution in [0.3, 0.4) is 0 Å². The second-order valence-electron chi connectivity index (χ2n) is 5.66. The van der Waals surface area contributed by atoms with Crippen LogP contribution in [-0.2, 0) is 4.79 Å². The van der Waals surface area contributed by atoms with E-state index in [-0.39, 0.29) is 5.91 Å². The third-order valence-corrected chi connectivity index (χ3v) is 3.96. The summed E-state index contributed by atoms with van der Waals surface area (Å²) in [4.78, 5) is 11.8. The molecule has 3 N–H and O–H groups in total. The number of hydrogen-bond donors (Lipinski definition) is 2. The zero-order valence-corrected chi connectivity index (χ0v) is 11.0. The van der Waals surface area contributed by atoms with Crippen molar-refractivity contribution in [2.75, 3.05) is 5.32 Å². The highest BCUT2D eigenvalue weighted by Crippen LogP contribution is 2.33. The zero-order chi connectivity index (χ0) is 13.3. The normalized spacial score (nSPS) is 21.1. The molecule has 0 radical (unpaired) electrons. The number of ether oxygens (including phenoxy) is 1. The first-order valence-electron chi connectivity index (χ1n) is 7.03. The summed E-state index contributed by atoms with van der Waals surface area (Å²) >= 11 is 0. The van der Waals surface area contributed by atoms with Gasteiger partial charge in [-0.2, -0.15) is 0 Å². The number of nitrogens with two attached hydrogens (primary N) is 1. The summed E-state index contributed by atoms with van der Waals surface area (Å²) in [7, 11) is 0. The highest BCUT2D eigenvalue weighted by molar-refractivity contribution is 6.00. The molecule has 0 spiro atoms. The lowest BCUT2D eigenvalue weighted by atomic mass is 10.2. The van der Waals surface area contributed by atoms with Gasteiger partial charge in [0.05, 0.1) is 11.6 Å². The molecule has 2 aliphatic rings. The summed E-state index contributed by atoms with van der Waals surface area (Å²) in [6.07, 6.45) is 6.74. The Morgan fingerprint density at radius 1 is 1.21 bits per heavy atom. The number of carbonyl (C=O) groups excluding carboxylic acids is 1. The minimum atomic E-state index is -0.626. The molecule has 1 aromatic carbocycles. The van der Waals surface area contributed by atoms with Gasteiger partial charge in [0.2, 0.25) is 5.91 Å². The predicted octanol–water partition coefficient (Wildman–Crippen LogP) is 2.44. The van der Waals surface area contributed by atoms with Crippen LogP contribution < -0.4 is 15.8 Å². The second kappa shape index (κ2) is 4.85. The molecule has 3 rings (SSSR count). The summed E-state index contributed by atoms with van der Waals surface area (Å²) in [5.41, 5.74) is 5.99. The molecule has 0 heterocycles. The molecule has 0 aromatic heterocycles. The predicted molar refractivity (Wildman–Crippen MR) is 74.1 cm³/mol. The molecule has 2 aliphatic carbocycles. The van der Waals surface area contributed by atoms with Crippen molar-refractivity contribution < 1.29 is 9.53 Å². The molecule has 2 saturated carbocycles. The third-order valence-electron chi connectivity index (χ3n) is 3.96. The SMILES string of the molecule is NC1(C(=O)Nc2ccc(OC3CCCC3)cc2)CC1. The van der Waals surface area contributed by atoms with Crippen molar-refractivity contribution in [3.63, 3.8) is 0 Å². The van der Waals surface area contributed by atoms with Gasteiger partial charge in [0.1, 0.15) is 5.75 Å². The number of rotatable bonds is 4. The number of hydrogen-bond acceptors (Lipinski definition) is 3. The topological polar surface area (TPSA) is 64.4 Å². The van der Waals surface area contributed by atoms with Gasteiger partial charge >= 0.3 is 0 Å². The molecule has 1 aromatic rings. The van der Waals surface area contributed by atoms with Crippen LogP contribution in [0.2, 0.25) is 0 Å².